The summed E-state index contributed by atoms with van der Waals surface area (Å²) in [5, 5.41) is 8.29. The lowest BCUT2D eigenvalue weighted by Gasteiger charge is -2.01. The Bertz CT molecular complexity index is 1370. The molecule has 0 saturated carbocycles. The molecule has 1 N–H and O–H groups in total. The normalized spacial score (nSPS) is 9.46. The van der Waals surface area contributed by atoms with Crippen molar-refractivity contribution in [3.05, 3.63) is 131 Å². The molecular formula is C29H24N2O6. The zero-order valence-corrected chi connectivity index (χ0v) is 20.2. The first-order chi connectivity index (χ1) is 17.7. The number of hydrogen-bond donors (Lipinski definition) is 1. The van der Waals surface area contributed by atoms with E-state index in [2.05, 4.69) is 9.97 Å². The van der Waals surface area contributed by atoms with Gasteiger partial charge in [0.15, 0.2) is 11.6 Å². The Morgan fingerprint density at radius 1 is 0.595 bits per heavy atom. The van der Waals surface area contributed by atoms with Gasteiger partial charge in [0.25, 0.3) is 5.78 Å². The molecule has 0 unspecified atom stereocenters. The van der Waals surface area contributed by atoms with E-state index in [-0.39, 0.29) is 22.9 Å². The number of benzene rings is 2. The van der Waals surface area contributed by atoms with E-state index in [0.29, 0.717) is 22.4 Å². The topological polar surface area (TPSA) is 131 Å². The standard InChI is InChI=1S/C14H11NO2.C8H6O3.C7H7NO/c1-10(16)12-7-8-15-13(9-12)14(17)11-5-3-2-4-6-11;9-7(8(10)11)6-4-2-1-3-5-6;1-6(9)7-2-4-8-5-3-7/h2-9H,1H3;1-5H,(H,10,11);2-5H,1H3. The number of ketones is 4. The van der Waals surface area contributed by atoms with E-state index in [1.54, 1.807) is 73.1 Å². The fourth-order valence-electron chi connectivity index (χ4n) is 2.81. The summed E-state index contributed by atoms with van der Waals surface area (Å²) < 4.78 is 0. The van der Waals surface area contributed by atoms with Gasteiger partial charge in [0.2, 0.25) is 5.78 Å². The van der Waals surface area contributed by atoms with Crippen molar-refractivity contribution in [2.75, 3.05) is 0 Å². The first kappa shape index (κ1) is 28.1. The summed E-state index contributed by atoms with van der Waals surface area (Å²) in [4.78, 5) is 62.5. The van der Waals surface area contributed by atoms with Crippen LogP contribution in [0.4, 0.5) is 0 Å². The van der Waals surface area contributed by atoms with Crippen LogP contribution in [0.3, 0.4) is 0 Å². The van der Waals surface area contributed by atoms with E-state index in [4.69, 9.17) is 5.11 Å². The van der Waals surface area contributed by atoms with Crippen molar-refractivity contribution >= 4 is 29.1 Å². The van der Waals surface area contributed by atoms with Gasteiger partial charge in [0, 0.05) is 40.8 Å². The second kappa shape index (κ2) is 14.3. The van der Waals surface area contributed by atoms with Gasteiger partial charge in [-0.15, -0.1) is 0 Å². The summed E-state index contributed by atoms with van der Waals surface area (Å²) in [6.45, 7) is 3.00. The van der Waals surface area contributed by atoms with Gasteiger partial charge in [-0.25, -0.2) is 4.79 Å². The predicted molar refractivity (Wildman–Crippen MR) is 137 cm³/mol. The van der Waals surface area contributed by atoms with Crippen LogP contribution in [0, 0.1) is 0 Å². The Morgan fingerprint density at radius 3 is 1.54 bits per heavy atom. The van der Waals surface area contributed by atoms with Gasteiger partial charge in [-0.1, -0.05) is 60.7 Å². The summed E-state index contributed by atoms with van der Waals surface area (Å²) in [6.07, 6.45) is 4.69. The lowest BCUT2D eigenvalue weighted by molar-refractivity contribution is -0.131. The zero-order valence-electron chi connectivity index (χ0n) is 20.2. The lowest BCUT2D eigenvalue weighted by atomic mass is 10.1. The molecule has 0 atom stereocenters. The van der Waals surface area contributed by atoms with E-state index < -0.39 is 11.8 Å². The maximum atomic E-state index is 12.0. The van der Waals surface area contributed by atoms with Gasteiger partial charge < -0.3 is 5.11 Å². The fourth-order valence-corrected chi connectivity index (χ4v) is 2.81. The molecule has 0 radical (unpaired) electrons. The third-order valence-electron chi connectivity index (χ3n) is 4.75. The molecule has 0 aliphatic carbocycles. The van der Waals surface area contributed by atoms with Gasteiger partial charge in [-0.2, -0.15) is 0 Å². The van der Waals surface area contributed by atoms with Crippen LogP contribution in [-0.4, -0.2) is 44.2 Å². The Balaban J connectivity index is 0.000000208. The summed E-state index contributed by atoms with van der Waals surface area (Å²) in [6, 6.07) is 23.3. The monoisotopic (exact) mass is 496 g/mol. The molecule has 0 amide bonds. The second-order valence-electron chi connectivity index (χ2n) is 7.47. The number of carbonyl (C=O) groups is 5. The van der Waals surface area contributed by atoms with Crippen molar-refractivity contribution in [3.63, 3.8) is 0 Å². The van der Waals surface area contributed by atoms with E-state index in [1.165, 1.54) is 38.2 Å². The Hall–Kier alpha value is -5.11. The highest BCUT2D eigenvalue weighted by Crippen LogP contribution is 2.09. The summed E-state index contributed by atoms with van der Waals surface area (Å²) in [5.41, 5.74) is 2.29. The molecule has 186 valence electrons. The number of nitrogens with zero attached hydrogens (tertiary/aromatic N) is 2. The number of carbonyl (C=O) groups excluding carboxylic acids is 4. The van der Waals surface area contributed by atoms with Crippen molar-refractivity contribution in [2.45, 2.75) is 13.8 Å². The number of aromatic nitrogens is 2. The highest BCUT2D eigenvalue weighted by Gasteiger charge is 2.13. The maximum absolute atomic E-state index is 12.0. The molecule has 2 aromatic heterocycles. The van der Waals surface area contributed by atoms with Crippen molar-refractivity contribution in [3.8, 4) is 0 Å². The summed E-state index contributed by atoms with van der Waals surface area (Å²) in [7, 11) is 0. The van der Waals surface area contributed by atoms with Gasteiger partial charge in [0.05, 0.1) is 0 Å². The molecule has 4 rings (SSSR count). The molecule has 0 saturated heterocycles. The minimum atomic E-state index is -1.42. The molecule has 0 aliphatic heterocycles. The molecule has 0 aliphatic rings. The average molecular weight is 497 g/mol. The number of Topliss-reactive ketones (excluding diaryl/α,β-unsaturated/α-hetero) is 3. The second-order valence-corrected chi connectivity index (χ2v) is 7.47. The predicted octanol–water partition coefficient (Wildman–Crippen LogP) is 4.75. The van der Waals surface area contributed by atoms with Crippen molar-refractivity contribution in [1.29, 1.82) is 0 Å². The number of pyridine rings is 2. The third kappa shape index (κ3) is 9.22. The molecule has 2 heterocycles. The molecule has 2 aromatic carbocycles. The van der Waals surface area contributed by atoms with Crippen LogP contribution in [0.2, 0.25) is 0 Å². The van der Waals surface area contributed by atoms with Gasteiger partial charge in [0.1, 0.15) is 5.69 Å². The van der Waals surface area contributed by atoms with Gasteiger partial charge in [-0.3, -0.25) is 29.1 Å². The molecule has 8 nitrogen and oxygen atoms in total. The maximum Gasteiger partial charge on any atom is 0.377 e. The fraction of sp³-hybridized carbons (Fsp3) is 0.0690. The molecular weight excluding hydrogens is 472 g/mol. The summed E-state index contributed by atoms with van der Waals surface area (Å²) >= 11 is 0. The highest BCUT2D eigenvalue weighted by molar-refractivity contribution is 6.39. The van der Waals surface area contributed by atoms with Crippen LogP contribution in [0.25, 0.3) is 0 Å². The largest absolute Gasteiger partial charge is 0.475 e. The molecule has 4 aromatic rings. The number of rotatable bonds is 6. The van der Waals surface area contributed by atoms with Crippen molar-refractivity contribution < 1.29 is 29.1 Å². The average Bonchev–Trinajstić information content (AvgIpc) is 2.94. The van der Waals surface area contributed by atoms with Crippen molar-refractivity contribution in [2.24, 2.45) is 0 Å². The third-order valence-corrected chi connectivity index (χ3v) is 4.75. The van der Waals surface area contributed by atoms with Crippen molar-refractivity contribution in [1.82, 2.24) is 9.97 Å². The Morgan fingerprint density at radius 2 is 1.08 bits per heavy atom. The van der Waals surface area contributed by atoms with Crippen LogP contribution < -0.4 is 0 Å². The van der Waals surface area contributed by atoms with E-state index in [9.17, 15) is 24.0 Å². The number of carboxylic acid groups (broad SMARTS) is 1. The highest BCUT2D eigenvalue weighted by atomic mass is 16.4. The van der Waals surface area contributed by atoms with Crippen LogP contribution in [0.1, 0.15) is 61.0 Å². The van der Waals surface area contributed by atoms with Crippen LogP contribution in [0.5, 0.6) is 0 Å². The van der Waals surface area contributed by atoms with E-state index in [0.717, 1.165) is 0 Å². The molecule has 0 spiro atoms. The van der Waals surface area contributed by atoms with Crippen LogP contribution in [-0.2, 0) is 4.79 Å². The number of carboxylic acids is 1. The van der Waals surface area contributed by atoms with E-state index >= 15 is 0 Å². The summed E-state index contributed by atoms with van der Waals surface area (Å²) in [5.74, 6) is -2.46. The molecule has 0 fully saturated rings. The Labute approximate surface area is 213 Å². The number of hydrogen-bond acceptors (Lipinski definition) is 7. The molecule has 37 heavy (non-hydrogen) atoms. The Kier molecular flexibility index (Phi) is 10.9. The quantitative estimate of drug-likeness (QED) is 0.299. The van der Waals surface area contributed by atoms with E-state index in [1.807, 2.05) is 6.07 Å². The minimum absolute atomic E-state index is 0.0745. The smallest absolute Gasteiger partial charge is 0.377 e. The minimum Gasteiger partial charge on any atom is -0.475 e. The first-order valence-electron chi connectivity index (χ1n) is 11.0. The van der Waals surface area contributed by atoms with Crippen LogP contribution >= 0.6 is 0 Å². The van der Waals surface area contributed by atoms with Gasteiger partial charge in [-0.05, 0) is 38.1 Å². The number of aliphatic carboxylic acids is 1. The van der Waals surface area contributed by atoms with Gasteiger partial charge >= 0.3 is 5.97 Å². The van der Waals surface area contributed by atoms with Crippen LogP contribution in [0.15, 0.2) is 104 Å². The first-order valence-corrected chi connectivity index (χ1v) is 11.0. The molecule has 8 heteroatoms. The SMILES string of the molecule is CC(=O)c1ccnc(C(=O)c2ccccc2)c1.CC(=O)c1ccncc1.O=C(O)C(=O)c1ccccc1. The lowest BCUT2D eigenvalue weighted by Crippen LogP contribution is -2.12. The zero-order chi connectivity index (χ0) is 27.2. The molecule has 0 bridgehead atoms.